The number of benzene rings is 3. The Kier molecular flexibility index (Phi) is 5.60. The predicted octanol–water partition coefficient (Wildman–Crippen LogP) is 6.07. The van der Waals surface area contributed by atoms with Crippen molar-refractivity contribution in [1.29, 1.82) is 0 Å². The average Bonchev–Trinajstić information content (AvgIpc) is 2.77. The minimum atomic E-state index is -0.465. The molecule has 1 N–H and O–H groups in total. The second-order valence-corrected chi connectivity index (χ2v) is 6.97. The van der Waals surface area contributed by atoms with Crippen molar-refractivity contribution in [2.24, 2.45) is 0 Å². The summed E-state index contributed by atoms with van der Waals surface area (Å²) in [7, 11) is 0. The lowest BCUT2D eigenvalue weighted by molar-refractivity contribution is 0.168. The van der Waals surface area contributed by atoms with Crippen LogP contribution in [0.15, 0.2) is 91.0 Å². The fourth-order valence-corrected chi connectivity index (χ4v) is 3.34. The summed E-state index contributed by atoms with van der Waals surface area (Å²) in [5, 5.41) is 11.7. The van der Waals surface area contributed by atoms with E-state index in [1.54, 1.807) is 0 Å². The molecule has 2 heteroatoms. The van der Waals surface area contributed by atoms with E-state index >= 15 is 0 Å². The van der Waals surface area contributed by atoms with Gasteiger partial charge in [-0.2, -0.15) is 0 Å². The number of hydrogen-bond acceptors (Lipinski definition) is 2. The number of nitrogens with zero attached hydrogens (tertiary/aromatic N) is 1. The predicted molar refractivity (Wildman–Crippen MR) is 117 cm³/mol. The maximum Gasteiger partial charge on any atom is 0.0793 e. The van der Waals surface area contributed by atoms with Crippen LogP contribution in [0, 0.1) is 0 Å². The van der Waals surface area contributed by atoms with Crippen LogP contribution in [0.25, 0.3) is 23.1 Å². The van der Waals surface area contributed by atoms with Crippen molar-refractivity contribution >= 4 is 23.1 Å². The quantitative estimate of drug-likeness (QED) is 0.450. The van der Waals surface area contributed by atoms with E-state index in [4.69, 9.17) is 0 Å². The van der Waals surface area contributed by atoms with Crippen molar-refractivity contribution in [2.75, 3.05) is 0 Å². The first kappa shape index (κ1) is 18.1. The molecule has 0 amide bonds. The van der Waals surface area contributed by atoms with Gasteiger partial charge in [0, 0.05) is 5.39 Å². The molecule has 0 fully saturated rings. The molecule has 0 aliphatic carbocycles. The molecular formula is C26H23NO. The molecule has 2 nitrogen and oxygen atoms in total. The highest BCUT2D eigenvalue weighted by molar-refractivity contribution is 5.80. The molecule has 1 heterocycles. The van der Waals surface area contributed by atoms with Crippen LogP contribution in [0.3, 0.4) is 0 Å². The van der Waals surface area contributed by atoms with E-state index in [-0.39, 0.29) is 0 Å². The Labute approximate surface area is 165 Å². The van der Waals surface area contributed by atoms with E-state index in [2.05, 4.69) is 29.2 Å². The molecule has 28 heavy (non-hydrogen) atoms. The zero-order chi connectivity index (χ0) is 19.2. The van der Waals surface area contributed by atoms with Crippen LogP contribution >= 0.6 is 0 Å². The van der Waals surface area contributed by atoms with Gasteiger partial charge in [0.1, 0.15) is 0 Å². The maximum absolute atomic E-state index is 10.6. The Morgan fingerprint density at radius 1 is 0.786 bits per heavy atom. The van der Waals surface area contributed by atoms with Gasteiger partial charge in [-0.05, 0) is 53.8 Å². The standard InChI is InChI=1S/C26H23NO/c28-26(18-14-20-7-2-1-3-8-20)23-11-6-9-21(19-23)13-16-24-17-15-22-10-4-5-12-25(22)27-24/h1-13,15-17,19,26,28H,14,18H2/b16-13+/t26-/m0/s1. The molecule has 0 unspecified atom stereocenters. The number of fused-ring (bicyclic) bond motifs is 1. The minimum absolute atomic E-state index is 0.465. The van der Waals surface area contributed by atoms with E-state index < -0.39 is 6.10 Å². The average molecular weight is 365 g/mol. The third kappa shape index (κ3) is 4.54. The summed E-state index contributed by atoms with van der Waals surface area (Å²) in [6.45, 7) is 0. The highest BCUT2D eigenvalue weighted by Crippen LogP contribution is 2.21. The smallest absolute Gasteiger partial charge is 0.0793 e. The number of rotatable bonds is 6. The van der Waals surface area contributed by atoms with E-state index in [9.17, 15) is 5.11 Å². The molecule has 0 saturated heterocycles. The van der Waals surface area contributed by atoms with Gasteiger partial charge < -0.3 is 5.11 Å². The number of pyridine rings is 1. The number of aryl methyl sites for hydroxylation is 1. The van der Waals surface area contributed by atoms with Crippen LogP contribution in [0.2, 0.25) is 0 Å². The number of hydrogen-bond donors (Lipinski definition) is 1. The van der Waals surface area contributed by atoms with Crippen LogP contribution < -0.4 is 0 Å². The lowest BCUT2D eigenvalue weighted by Gasteiger charge is -2.11. The molecule has 0 spiro atoms. The molecule has 1 aromatic heterocycles. The van der Waals surface area contributed by atoms with Crippen molar-refractivity contribution in [3.05, 3.63) is 113 Å². The Morgan fingerprint density at radius 3 is 2.50 bits per heavy atom. The minimum Gasteiger partial charge on any atom is -0.388 e. The largest absolute Gasteiger partial charge is 0.388 e. The summed E-state index contributed by atoms with van der Waals surface area (Å²) >= 11 is 0. The first-order valence-electron chi connectivity index (χ1n) is 9.64. The van der Waals surface area contributed by atoms with Gasteiger partial charge in [0.25, 0.3) is 0 Å². The number of aromatic nitrogens is 1. The summed E-state index contributed by atoms with van der Waals surface area (Å²) < 4.78 is 0. The van der Waals surface area contributed by atoms with Crippen molar-refractivity contribution in [1.82, 2.24) is 4.98 Å². The van der Waals surface area contributed by atoms with E-state index in [1.165, 1.54) is 5.56 Å². The van der Waals surface area contributed by atoms with E-state index in [0.29, 0.717) is 6.42 Å². The second kappa shape index (κ2) is 8.64. The van der Waals surface area contributed by atoms with Gasteiger partial charge in [0.2, 0.25) is 0 Å². The van der Waals surface area contributed by atoms with Gasteiger partial charge in [-0.15, -0.1) is 0 Å². The van der Waals surface area contributed by atoms with Crippen molar-refractivity contribution in [3.63, 3.8) is 0 Å². The zero-order valence-electron chi connectivity index (χ0n) is 15.7. The molecule has 4 rings (SSSR count). The molecule has 1 atom stereocenters. The lowest BCUT2D eigenvalue weighted by atomic mass is 9.99. The maximum atomic E-state index is 10.6. The van der Waals surface area contributed by atoms with Crippen LogP contribution in [0.5, 0.6) is 0 Å². The molecule has 0 aliphatic rings. The third-order valence-corrected chi connectivity index (χ3v) is 4.91. The van der Waals surface area contributed by atoms with E-state index in [0.717, 1.165) is 34.1 Å². The van der Waals surface area contributed by atoms with Crippen molar-refractivity contribution in [3.8, 4) is 0 Å². The van der Waals surface area contributed by atoms with Gasteiger partial charge in [0.15, 0.2) is 0 Å². The van der Waals surface area contributed by atoms with Crippen LogP contribution in [-0.2, 0) is 6.42 Å². The number of aliphatic hydroxyl groups is 1. The Morgan fingerprint density at radius 2 is 1.61 bits per heavy atom. The highest BCUT2D eigenvalue weighted by atomic mass is 16.3. The fraction of sp³-hybridized carbons (Fsp3) is 0.115. The molecule has 4 aromatic rings. The van der Waals surface area contributed by atoms with Gasteiger partial charge in [-0.25, -0.2) is 4.98 Å². The molecule has 3 aromatic carbocycles. The normalized spacial score (nSPS) is 12.5. The number of para-hydroxylation sites is 1. The molecule has 0 radical (unpaired) electrons. The third-order valence-electron chi connectivity index (χ3n) is 4.91. The van der Waals surface area contributed by atoms with Gasteiger partial charge in [-0.3, -0.25) is 0 Å². The molecular weight excluding hydrogens is 342 g/mol. The first-order valence-corrected chi connectivity index (χ1v) is 9.64. The lowest BCUT2D eigenvalue weighted by Crippen LogP contribution is -2.00. The first-order chi connectivity index (χ1) is 13.8. The molecule has 138 valence electrons. The van der Waals surface area contributed by atoms with Gasteiger partial charge >= 0.3 is 0 Å². The van der Waals surface area contributed by atoms with Gasteiger partial charge in [0.05, 0.1) is 17.3 Å². The van der Waals surface area contributed by atoms with Crippen LogP contribution in [0.1, 0.15) is 34.9 Å². The monoisotopic (exact) mass is 365 g/mol. The molecule has 0 bridgehead atoms. The van der Waals surface area contributed by atoms with Crippen LogP contribution in [-0.4, -0.2) is 10.1 Å². The van der Waals surface area contributed by atoms with Crippen LogP contribution in [0.4, 0.5) is 0 Å². The Hall–Kier alpha value is -3.23. The molecule has 0 aliphatic heterocycles. The zero-order valence-corrected chi connectivity index (χ0v) is 15.7. The SMILES string of the molecule is O[C@@H](CCc1ccccc1)c1cccc(/C=C/c2ccc3ccccc3n2)c1. The number of aliphatic hydroxyl groups excluding tert-OH is 1. The van der Waals surface area contributed by atoms with Crippen molar-refractivity contribution < 1.29 is 5.11 Å². The van der Waals surface area contributed by atoms with E-state index in [1.807, 2.05) is 78.9 Å². The highest BCUT2D eigenvalue weighted by Gasteiger charge is 2.08. The van der Waals surface area contributed by atoms with Gasteiger partial charge in [-0.1, -0.05) is 78.9 Å². The fourth-order valence-electron chi connectivity index (χ4n) is 3.34. The second-order valence-electron chi connectivity index (χ2n) is 6.97. The summed E-state index contributed by atoms with van der Waals surface area (Å²) in [4.78, 5) is 4.67. The summed E-state index contributed by atoms with van der Waals surface area (Å²) in [6, 6.07) is 30.6. The Bertz CT molecular complexity index is 1090. The summed E-state index contributed by atoms with van der Waals surface area (Å²) in [5.74, 6) is 0. The summed E-state index contributed by atoms with van der Waals surface area (Å²) in [5.41, 5.74) is 5.18. The topological polar surface area (TPSA) is 33.1 Å². The van der Waals surface area contributed by atoms with Crippen molar-refractivity contribution in [2.45, 2.75) is 18.9 Å². The Balaban J connectivity index is 1.45. The summed E-state index contributed by atoms with van der Waals surface area (Å²) in [6.07, 6.45) is 5.17. The molecule has 0 saturated carbocycles.